The minimum Gasteiger partial charge on any atom is -0.347 e. The molecule has 2 rings (SSSR count). The molecule has 22 heavy (non-hydrogen) atoms. The molecule has 0 aliphatic rings. The normalized spacial score (nSPS) is 10.2. The first-order chi connectivity index (χ1) is 10.5. The van der Waals surface area contributed by atoms with Crippen molar-refractivity contribution in [2.24, 2.45) is 0 Å². The number of nitrogens with zero attached hydrogens (tertiary/aromatic N) is 7. The Balaban J connectivity index is 2.13. The molecule has 116 valence electrons. The zero-order valence-corrected chi connectivity index (χ0v) is 13.0. The van der Waals surface area contributed by atoms with Crippen molar-refractivity contribution >= 4 is 17.8 Å². The summed E-state index contributed by atoms with van der Waals surface area (Å²) >= 11 is 0. The summed E-state index contributed by atoms with van der Waals surface area (Å²) in [6.45, 7) is 0.180. The Bertz CT molecular complexity index is 617. The van der Waals surface area contributed by atoms with Gasteiger partial charge in [0, 0.05) is 40.6 Å². The molecule has 0 unspecified atom stereocenters. The van der Waals surface area contributed by atoms with Crippen LogP contribution < -0.4 is 15.1 Å². The highest BCUT2D eigenvalue weighted by molar-refractivity contribution is 5.91. The van der Waals surface area contributed by atoms with Crippen molar-refractivity contribution < 1.29 is 4.79 Å². The Morgan fingerprint density at radius 2 is 1.68 bits per heavy atom. The quantitative estimate of drug-likeness (QED) is 0.805. The molecule has 2 heterocycles. The Morgan fingerprint density at radius 1 is 1.05 bits per heavy atom. The maximum Gasteiger partial charge on any atom is 0.271 e. The number of carbonyl (C=O) groups is 1. The monoisotopic (exact) mass is 302 g/mol. The second-order valence-electron chi connectivity index (χ2n) is 4.91. The summed E-state index contributed by atoms with van der Waals surface area (Å²) in [5, 5.41) is 2.72. The first-order valence-electron chi connectivity index (χ1n) is 6.61. The van der Waals surface area contributed by atoms with Gasteiger partial charge in [-0.25, -0.2) is 4.98 Å². The zero-order valence-electron chi connectivity index (χ0n) is 13.0. The van der Waals surface area contributed by atoms with Crippen LogP contribution in [0.15, 0.2) is 18.6 Å². The fraction of sp³-hybridized carbons (Fsp3) is 0.385. The molecule has 0 aromatic carbocycles. The SMILES string of the molecule is CN(C)c1nc(CNC(=O)c2cnccn2)nc(N(C)C)n1. The first kappa shape index (κ1) is 15.5. The summed E-state index contributed by atoms with van der Waals surface area (Å²) in [6, 6.07) is 0. The average Bonchev–Trinajstić information content (AvgIpc) is 2.53. The van der Waals surface area contributed by atoms with Gasteiger partial charge in [-0.05, 0) is 0 Å². The molecule has 0 atom stereocenters. The Kier molecular flexibility index (Phi) is 4.77. The van der Waals surface area contributed by atoms with Gasteiger partial charge >= 0.3 is 0 Å². The number of nitrogens with one attached hydrogen (secondary N) is 1. The highest BCUT2D eigenvalue weighted by atomic mass is 16.1. The van der Waals surface area contributed by atoms with Crippen LogP contribution in [0.4, 0.5) is 11.9 Å². The molecule has 0 aliphatic carbocycles. The number of rotatable bonds is 5. The van der Waals surface area contributed by atoms with Crippen molar-refractivity contribution in [2.75, 3.05) is 38.0 Å². The molecular weight excluding hydrogens is 284 g/mol. The lowest BCUT2D eigenvalue weighted by Gasteiger charge is -2.16. The lowest BCUT2D eigenvalue weighted by molar-refractivity contribution is 0.0944. The summed E-state index contributed by atoms with van der Waals surface area (Å²) in [5.41, 5.74) is 0.247. The molecule has 0 radical (unpaired) electrons. The fourth-order valence-corrected chi connectivity index (χ4v) is 1.54. The van der Waals surface area contributed by atoms with Crippen molar-refractivity contribution in [3.63, 3.8) is 0 Å². The number of anilines is 2. The third-order valence-electron chi connectivity index (χ3n) is 2.66. The third-order valence-corrected chi connectivity index (χ3v) is 2.66. The van der Waals surface area contributed by atoms with Crippen LogP contribution in [-0.4, -0.2) is 59.0 Å². The molecule has 9 nitrogen and oxygen atoms in total. The van der Waals surface area contributed by atoms with Crippen LogP contribution in [0.3, 0.4) is 0 Å². The second kappa shape index (κ2) is 6.74. The lowest BCUT2D eigenvalue weighted by Crippen LogP contribution is -2.27. The van der Waals surface area contributed by atoms with Crippen LogP contribution >= 0.6 is 0 Å². The van der Waals surface area contributed by atoms with Gasteiger partial charge in [-0.1, -0.05) is 0 Å². The number of amides is 1. The maximum atomic E-state index is 11.9. The van der Waals surface area contributed by atoms with Gasteiger partial charge in [-0.3, -0.25) is 9.78 Å². The van der Waals surface area contributed by atoms with Crippen LogP contribution in [0.2, 0.25) is 0 Å². The molecule has 0 aliphatic heterocycles. The largest absolute Gasteiger partial charge is 0.347 e. The summed E-state index contributed by atoms with van der Waals surface area (Å²) in [5.74, 6) is 1.20. The number of hydrogen-bond acceptors (Lipinski definition) is 8. The van der Waals surface area contributed by atoms with E-state index in [1.54, 1.807) is 9.80 Å². The maximum absolute atomic E-state index is 11.9. The number of aromatic nitrogens is 5. The summed E-state index contributed by atoms with van der Waals surface area (Å²) < 4.78 is 0. The molecule has 1 N–H and O–H groups in total. The van der Waals surface area contributed by atoms with E-state index in [1.807, 2.05) is 28.2 Å². The molecule has 0 fully saturated rings. The first-order valence-corrected chi connectivity index (χ1v) is 6.61. The van der Waals surface area contributed by atoms with E-state index >= 15 is 0 Å². The molecule has 0 bridgehead atoms. The highest BCUT2D eigenvalue weighted by Gasteiger charge is 2.12. The van der Waals surface area contributed by atoms with Gasteiger partial charge < -0.3 is 15.1 Å². The van der Waals surface area contributed by atoms with Crippen LogP contribution in [0.25, 0.3) is 0 Å². The van der Waals surface area contributed by atoms with Crippen LogP contribution in [0.5, 0.6) is 0 Å². The Morgan fingerprint density at radius 3 is 2.18 bits per heavy atom. The summed E-state index contributed by atoms with van der Waals surface area (Å²) in [6.07, 6.45) is 4.38. The van der Waals surface area contributed by atoms with E-state index in [1.165, 1.54) is 18.6 Å². The fourth-order valence-electron chi connectivity index (χ4n) is 1.54. The van der Waals surface area contributed by atoms with Crippen molar-refractivity contribution in [1.29, 1.82) is 0 Å². The average molecular weight is 302 g/mol. The van der Waals surface area contributed by atoms with Gasteiger partial charge in [0.1, 0.15) is 5.69 Å². The Labute approximate surface area is 128 Å². The van der Waals surface area contributed by atoms with Gasteiger partial charge in [0.05, 0.1) is 12.7 Å². The van der Waals surface area contributed by atoms with Gasteiger partial charge in [-0.2, -0.15) is 15.0 Å². The van der Waals surface area contributed by atoms with E-state index < -0.39 is 0 Å². The van der Waals surface area contributed by atoms with Crippen molar-refractivity contribution in [2.45, 2.75) is 6.54 Å². The van der Waals surface area contributed by atoms with Gasteiger partial charge in [0.15, 0.2) is 5.82 Å². The van der Waals surface area contributed by atoms with Crippen molar-refractivity contribution in [3.8, 4) is 0 Å². The van der Waals surface area contributed by atoms with Crippen LogP contribution in [0, 0.1) is 0 Å². The van der Waals surface area contributed by atoms with Crippen molar-refractivity contribution in [1.82, 2.24) is 30.2 Å². The van der Waals surface area contributed by atoms with Crippen molar-refractivity contribution in [3.05, 3.63) is 30.1 Å². The van der Waals surface area contributed by atoms with E-state index in [-0.39, 0.29) is 18.1 Å². The predicted molar refractivity (Wildman–Crippen MR) is 81.7 cm³/mol. The van der Waals surface area contributed by atoms with E-state index in [9.17, 15) is 4.79 Å². The molecular formula is C13H18N8O. The molecule has 9 heteroatoms. The summed E-state index contributed by atoms with van der Waals surface area (Å²) in [4.78, 5) is 36.2. The highest BCUT2D eigenvalue weighted by Crippen LogP contribution is 2.10. The third kappa shape index (κ3) is 3.84. The number of carbonyl (C=O) groups excluding carboxylic acids is 1. The standard InChI is InChI=1S/C13H18N8O/c1-20(2)12-17-10(18-13(19-12)21(3)4)8-16-11(22)9-7-14-5-6-15-9/h5-7H,8H2,1-4H3,(H,16,22). The van der Waals surface area contributed by atoms with Crippen LogP contribution in [0.1, 0.15) is 16.3 Å². The number of hydrogen-bond donors (Lipinski definition) is 1. The smallest absolute Gasteiger partial charge is 0.271 e. The van der Waals surface area contributed by atoms with E-state index in [0.717, 1.165) is 0 Å². The van der Waals surface area contributed by atoms with E-state index in [4.69, 9.17) is 0 Å². The summed E-state index contributed by atoms with van der Waals surface area (Å²) in [7, 11) is 7.38. The molecule has 0 spiro atoms. The minimum absolute atomic E-state index is 0.180. The molecule has 0 saturated heterocycles. The predicted octanol–water partition coefficient (Wildman–Crippen LogP) is -0.276. The molecule has 1 amide bonds. The van der Waals surface area contributed by atoms with Crippen LogP contribution in [-0.2, 0) is 6.54 Å². The van der Waals surface area contributed by atoms with E-state index in [0.29, 0.717) is 17.7 Å². The van der Waals surface area contributed by atoms with Gasteiger partial charge in [0.2, 0.25) is 11.9 Å². The van der Waals surface area contributed by atoms with E-state index in [2.05, 4.69) is 30.2 Å². The molecule has 0 saturated carbocycles. The van der Waals surface area contributed by atoms with Gasteiger partial charge in [0.25, 0.3) is 5.91 Å². The lowest BCUT2D eigenvalue weighted by atomic mass is 10.4. The second-order valence-corrected chi connectivity index (χ2v) is 4.91. The van der Waals surface area contributed by atoms with Gasteiger partial charge in [-0.15, -0.1) is 0 Å². The Hall–Kier alpha value is -2.84. The minimum atomic E-state index is -0.327. The topological polar surface area (TPSA) is 100 Å². The zero-order chi connectivity index (χ0) is 16.1. The molecule has 2 aromatic rings. The molecule has 2 aromatic heterocycles.